The molecule has 20 heavy (non-hydrogen) atoms. The van der Waals surface area contributed by atoms with Crippen LogP contribution in [-0.2, 0) is 11.8 Å². The van der Waals surface area contributed by atoms with Crippen molar-refractivity contribution in [3.05, 3.63) is 16.1 Å². The maximum Gasteiger partial charge on any atom is 0.443 e. The molecule has 114 valence electrons. The molecule has 1 fully saturated rings. The summed E-state index contributed by atoms with van der Waals surface area (Å²) in [6.45, 7) is 4.66. The summed E-state index contributed by atoms with van der Waals surface area (Å²) in [5.41, 5.74) is -1.16. The van der Waals surface area contributed by atoms with Crippen molar-refractivity contribution in [1.82, 2.24) is 9.88 Å². The van der Waals surface area contributed by atoms with Gasteiger partial charge in [0, 0.05) is 12.7 Å². The summed E-state index contributed by atoms with van der Waals surface area (Å²) in [6.07, 6.45) is -0.465. The van der Waals surface area contributed by atoms with E-state index in [1.165, 1.54) is 6.20 Å². The Kier molecular flexibility index (Phi) is 4.71. The van der Waals surface area contributed by atoms with Gasteiger partial charge in [-0.25, -0.2) is 4.98 Å². The van der Waals surface area contributed by atoms with Crippen molar-refractivity contribution in [3.63, 3.8) is 0 Å². The molecule has 3 nitrogen and oxygen atoms in total. The Labute approximate surface area is 120 Å². The largest absolute Gasteiger partial charge is 0.443 e. The van der Waals surface area contributed by atoms with E-state index in [-0.39, 0.29) is 0 Å². The van der Waals surface area contributed by atoms with Gasteiger partial charge in [-0.05, 0) is 38.8 Å². The second kappa shape index (κ2) is 5.99. The molecule has 1 aromatic heterocycles. The Bertz CT molecular complexity index is 449. The number of likely N-dealkylation sites (tertiary alicyclic amines) is 1. The van der Waals surface area contributed by atoms with Crippen LogP contribution >= 0.6 is 11.3 Å². The van der Waals surface area contributed by atoms with Crippen LogP contribution in [0.1, 0.15) is 42.5 Å². The lowest BCUT2D eigenvalue weighted by molar-refractivity contribution is -0.137. The molecule has 1 N–H and O–H groups in total. The van der Waals surface area contributed by atoms with Crippen molar-refractivity contribution in [3.8, 4) is 0 Å². The Morgan fingerprint density at radius 3 is 2.75 bits per heavy atom. The number of hydrogen-bond acceptors (Lipinski definition) is 4. The van der Waals surface area contributed by atoms with Crippen LogP contribution in [0.3, 0.4) is 0 Å². The molecule has 1 saturated heterocycles. The number of alkyl halides is 3. The third kappa shape index (κ3) is 3.51. The van der Waals surface area contributed by atoms with Gasteiger partial charge in [0.05, 0.1) is 4.88 Å². The van der Waals surface area contributed by atoms with Gasteiger partial charge in [-0.3, -0.25) is 0 Å². The number of nitrogens with zero attached hydrogens (tertiary/aromatic N) is 2. The first kappa shape index (κ1) is 15.7. The van der Waals surface area contributed by atoms with E-state index in [9.17, 15) is 18.3 Å². The Morgan fingerprint density at radius 1 is 1.40 bits per heavy atom. The minimum Gasteiger partial charge on any atom is -0.384 e. The molecule has 7 heteroatoms. The molecule has 0 aliphatic carbocycles. The van der Waals surface area contributed by atoms with E-state index in [4.69, 9.17) is 0 Å². The zero-order valence-corrected chi connectivity index (χ0v) is 12.2. The second-order valence-corrected chi connectivity index (χ2v) is 6.28. The number of thiazole rings is 1. The lowest BCUT2D eigenvalue weighted by Gasteiger charge is -2.25. The van der Waals surface area contributed by atoms with Crippen molar-refractivity contribution >= 4 is 11.3 Å². The molecule has 2 heterocycles. The topological polar surface area (TPSA) is 36.4 Å². The van der Waals surface area contributed by atoms with Crippen LogP contribution < -0.4 is 0 Å². The minimum atomic E-state index is -4.43. The molecular formula is C13H19F3N2OS. The number of aliphatic hydroxyl groups is 1. The standard InChI is InChI=1S/C13H19F3N2OS/c1-2-6-18-7-3-4-12(19,5-8-18)10-9-17-11(20-10)13(14,15)16/h9,19H,2-8H2,1H3. The maximum absolute atomic E-state index is 12.6. The van der Waals surface area contributed by atoms with Crippen LogP contribution in [0, 0.1) is 0 Å². The summed E-state index contributed by atoms with van der Waals surface area (Å²) in [5, 5.41) is 9.78. The highest BCUT2D eigenvalue weighted by atomic mass is 32.1. The van der Waals surface area contributed by atoms with Crippen molar-refractivity contribution in [2.24, 2.45) is 0 Å². The zero-order valence-electron chi connectivity index (χ0n) is 11.4. The average Bonchev–Trinajstić information content (AvgIpc) is 2.79. The summed E-state index contributed by atoms with van der Waals surface area (Å²) >= 11 is 0.564. The van der Waals surface area contributed by atoms with Crippen LogP contribution in [0.25, 0.3) is 0 Å². The first-order valence-electron chi connectivity index (χ1n) is 6.83. The normalized spacial score (nSPS) is 25.6. The number of hydrogen-bond donors (Lipinski definition) is 1. The molecule has 0 spiro atoms. The molecule has 0 bridgehead atoms. The maximum atomic E-state index is 12.6. The number of aromatic nitrogens is 1. The van der Waals surface area contributed by atoms with Gasteiger partial charge in [0.15, 0.2) is 5.01 Å². The second-order valence-electron chi connectivity index (χ2n) is 5.25. The highest BCUT2D eigenvalue weighted by Gasteiger charge is 2.39. The summed E-state index contributed by atoms with van der Waals surface area (Å²) in [6, 6.07) is 0. The van der Waals surface area contributed by atoms with Crippen molar-refractivity contribution in [2.75, 3.05) is 19.6 Å². The molecule has 1 aliphatic rings. The Balaban J connectivity index is 2.12. The van der Waals surface area contributed by atoms with Gasteiger partial charge in [0.25, 0.3) is 0 Å². The van der Waals surface area contributed by atoms with Crippen molar-refractivity contribution in [1.29, 1.82) is 0 Å². The van der Waals surface area contributed by atoms with E-state index < -0.39 is 16.8 Å². The summed E-state index contributed by atoms with van der Waals surface area (Å²) in [4.78, 5) is 6.00. The van der Waals surface area contributed by atoms with Gasteiger partial charge < -0.3 is 10.0 Å². The Morgan fingerprint density at radius 2 is 2.15 bits per heavy atom. The van der Waals surface area contributed by atoms with E-state index in [1.807, 2.05) is 0 Å². The highest BCUT2D eigenvalue weighted by molar-refractivity contribution is 7.11. The molecule has 0 aromatic carbocycles. The predicted octanol–water partition coefficient (Wildman–Crippen LogP) is 3.25. The fourth-order valence-corrected chi connectivity index (χ4v) is 3.51. The van der Waals surface area contributed by atoms with Crippen molar-refractivity contribution < 1.29 is 18.3 Å². The molecule has 0 saturated carbocycles. The lowest BCUT2D eigenvalue weighted by Crippen LogP contribution is -2.29. The lowest BCUT2D eigenvalue weighted by atomic mass is 9.94. The molecule has 1 atom stereocenters. The number of rotatable bonds is 3. The quantitative estimate of drug-likeness (QED) is 0.931. The third-order valence-corrected chi connectivity index (χ3v) is 4.89. The smallest absolute Gasteiger partial charge is 0.384 e. The monoisotopic (exact) mass is 308 g/mol. The molecular weight excluding hydrogens is 289 g/mol. The minimum absolute atomic E-state index is 0.336. The van der Waals surface area contributed by atoms with Crippen LogP contribution in [0.4, 0.5) is 13.2 Å². The van der Waals surface area contributed by atoms with Gasteiger partial charge in [0.2, 0.25) is 0 Å². The van der Waals surface area contributed by atoms with Crippen LogP contribution in [0.2, 0.25) is 0 Å². The van der Waals surface area contributed by atoms with Crippen molar-refractivity contribution in [2.45, 2.75) is 44.4 Å². The van der Waals surface area contributed by atoms with Gasteiger partial charge in [-0.15, -0.1) is 11.3 Å². The number of halogens is 3. The molecule has 0 radical (unpaired) electrons. The average molecular weight is 308 g/mol. The van der Waals surface area contributed by atoms with Gasteiger partial charge >= 0.3 is 6.18 Å². The first-order chi connectivity index (χ1) is 9.35. The Hall–Kier alpha value is -0.660. The highest BCUT2D eigenvalue weighted by Crippen LogP contribution is 2.40. The molecule has 1 unspecified atom stereocenters. The van der Waals surface area contributed by atoms with E-state index in [0.717, 1.165) is 25.9 Å². The third-order valence-electron chi connectivity index (χ3n) is 3.65. The predicted molar refractivity (Wildman–Crippen MR) is 71.6 cm³/mol. The molecule has 1 aliphatic heterocycles. The van der Waals surface area contributed by atoms with E-state index in [1.54, 1.807) is 0 Å². The van der Waals surface area contributed by atoms with Gasteiger partial charge in [0.1, 0.15) is 5.60 Å². The summed E-state index contributed by atoms with van der Waals surface area (Å²) in [7, 11) is 0. The van der Waals surface area contributed by atoms with Crippen LogP contribution in [0.5, 0.6) is 0 Å². The van der Waals surface area contributed by atoms with E-state index in [2.05, 4.69) is 16.8 Å². The first-order valence-corrected chi connectivity index (χ1v) is 7.65. The van der Waals surface area contributed by atoms with Gasteiger partial charge in [-0.1, -0.05) is 6.92 Å². The van der Waals surface area contributed by atoms with Crippen LogP contribution in [-0.4, -0.2) is 34.6 Å². The SMILES string of the molecule is CCCN1CCCC(O)(c2cnc(C(F)(F)F)s2)CC1. The van der Waals surface area contributed by atoms with E-state index >= 15 is 0 Å². The fraction of sp³-hybridized carbons (Fsp3) is 0.769. The summed E-state index contributed by atoms with van der Waals surface area (Å²) < 4.78 is 37.8. The van der Waals surface area contributed by atoms with Gasteiger partial charge in [-0.2, -0.15) is 13.2 Å². The van der Waals surface area contributed by atoms with Crippen LogP contribution in [0.15, 0.2) is 6.20 Å². The fourth-order valence-electron chi connectivity index (χ4n) is 2.58. The zero-order chi connectivity index (χ0) is 14.8. The molecule has 0 amide bonds. The molecule has 1 aromatic rings. The summed E-state index contributed by atoms with van der Waals surface area (Å²) in [5.74, 6) is 0. The van der Waals surface area contributed by atoms with E-state index in [0.29, 0.717) is 35.6 Å². The molecule has 2 rings (SSSR count).